The molecule has 4 aliphatic rings. The Morgan fingerprint density at radius 2 is 2.04 bits per heavy atom. The van der Waals surface area contributed by atoms with E-state index in [4.69, 9.17) is 12.2 Å². The van der Waals surface area contributed by atoms with Gasteiger partial charge in [0.15, 0.2) is 5.11 Å². The van der Waals surface area contributed by atoms with Gasteiger partial charge in [-0.3, -0.25) is 0 Å². The number of aliphatic hydroxyl groups is 1. The van der Waals surface area contributed by atoms with Crippen LogP contribution < -0.4 is 10.6 Å². The molecule has 0 radical (unpaired) electrons. The Hall–Kier alpha value is -1.24. The number of rotatable bonds is 3. The van der Waals surface area contributed by atoms with E-state index in [0.29, 0.717) is 17.6 Å². The predicted molar refractivity (Wildman–Crippen MR) is 99.2 cm³/mol. The largest absolute Gasteiger partial charge is 0.386 e. The molecule has 3 fully saturated rings. The highest BCUT2D eigenvalue weighted by atomic mass is 32.1. The maximum atomic E-state index is 10.9. The summed E-state index contributed by atoms with van der Waals surface area (Å²) in [4.78, 5) is 6.82. The lowest BCUT2D eigenvalue weighted by atomic mass is 9.75. The zero-order valence-corrected chi connectivity index (χ0v) is 14.9. The van der Waals surface area contributed by atoms with Gasteiger partial charge in [-0.05, 0) is 86.9 Å². The third-order valence-corrected chi connectivity index (χ3v) is 6.11. The van der Waals surface area contributed by atoms with E-state index in [1.807, 2.05) is 6.20 Å². The van der Waals surface area contributed by atoms with Crippen molar-refractivity contribution in [1.82, 2.24) is 15.2 Å². The van der Waals surface area contributed by atoms with E-state index < -0.39 is 5.60 Å². The summed E-state index contributed by atoms with van der Waals surface area (Å²) in [5.41, 5.74) is 2.09. The van der Waals surface area contributed by atoms with Crippen molar-refractivity contribution in [1.29, 1.82) is 0 Å². The first-order valence-electron chi connectivity index (χ1n) is 9.10. The number of anilines is 1. The van der Waals surface area contributed by atoms with E-state index in [9.17, 15) is 5.11 Å². The summed E-state index contributed by atoms with van der Waals surface area (Å²) in [6.45, 7) is 3.50. The van der Waals surface area contributed by atoms with Crippen LogP contribution >= 0.6 is 12.2 Å². The van der Waals surface area contributed by atoms with Gasteiger partial charge in [0.05, 0.1) is 5.60 Å². The van der Waals surface area contributed by atoms with Crippen LogP contribution in [0.3, 0.4) is 0 Å². The number of fused-ring (bicyclic) bond motifs is 4. The van der Waals surface area contributed by atoms with Crippen LogP contribution in [0.5, 0.6) is 0 Å². The van der Waals surface area contributed by atoms with Crippen molar-refractivity contribution in [3.63, 3.8) is 0 Å². The van der Waals surface area contributed by atoms with Crippen LogP contribution in [-0.2, 0) is 12.8 Å². The Morgan fingerprint density at radius 1 is 1.29 bits per heavy atom. The van der Waals surface area contributed by atoms with Gasteiger partial charge in [-0.2, -0.15) is 0 Å². The van der Waals surface area contributed by atoms with Crippen molar-refractivity contribution in [2.45, 2.75) is 44.1 Å². The summed E-state index contributed by atoms with van der Waals surface area (Å²) in [5, 5.41) is 17.9. The molecular weight excluding hydrogens is 320 g/mol. The monoisotopic (exact) mass is 346 g/mol. The zero-order valence-electron chi connectivity index (χ0n) is 14.1. The molecule has 5 rings (SSSR count). The molecule has 5 nitrogen and oxygen atoms in total. The quantitative estimate of drug-likeness (QED) is 0.725. The van der Waals surface area contributed by atoms with Gasteiger partial charge in [0.2, 0.25) is 0 Å². The second kappa shape index (κ2) is 6.58. The molecule has 1 aromatic heterocycles. The first-order chi connectivity index (χ1) is 11.6. The Bertz CT molecular complexity index is 629. The van der Waals surface area contributed by atoms with Crippen molar-refractivity contribution in [2.24, 2.45) is 5.92 Å². The van der Waals surface area contributed by atoms with Crippen LogP contribution in [0.15, 0.2) is 12.3 Å². The van der Waals surface area contributed by atoms with Crippen molar-refractivity contribution < 1.29 is 5.11 Å². The van der Waals surface area contributed by atoms with Gasteiger partial charge >= 0.3 is 0 Å². The van der Waals surface area contributed by atoms with Gasteiger partial charge in [0.1, 0.15) is 5.82 Å². The van der Waals surface area contributed by atoms with Crippen LogP contribution in [0.1, 0.15) is 36.8 Å². The number of nitrogens with one attached hydrogen (secondary N) is 2. The molecule has 3 N–H and O–H groups in total. The minimum absolute atomic E-state index is 0.389. The smallest absolute Gasteiger partial charge is 0.172 e. The summed E-state index contributed by atoms with van der Waals surface area (Å²) in [6.07, 6.45) is 8.93. The normalized spacial score (nSPS) is 31.4. The first-order valence-corrected chi connectivity index (χ1v) is 9.51. The van der Waals surface area contributed by atoms with Gasteiger partial charge in [-0.15, -0.1) is 0 Å². The average molecular weight is 347 g/mol. The van der Waals surface area contributed by atoms with Crippen molar-refractivity contribution in [3.8, 4) is 0 Å². The Morgan fingerprint density at radius 3 is 2.75 bits per heavy atom. The standard InChI is InChI=1S/C18H26N4OS/c23-18(12-22-7-5-15(18)6-8-22)11-20-17(24)21-16-9-13-3-1-2-4-14(13)10-19-16/h9-10,15,23H,1-8,11-12H2,(H2,19,20,21,24). The van der Waals surface area contributed by atoms with Gasteiger partial charge in [-0.1, -0.05) is 0 Å². The lowest BCUT2D eigenvalue weighted by Crippen LogP contribution is -2.63. The number of nitrogens with zero attached hydrogens (tertiary/aromatic N) is 2. The fraction of sp³-hybridized carbons (Fsp3) is 0.667. The van der Waals surface area contributed by atoms with E-state index in [1.165, 1.54) is 24.0 Å². The molecule has 1 aliphatic carbocycles. The second-order valence-corrected chi connectivity index (χ2v) is 7.92. The molecular formula is C18H26N4OS. The van der Waals surface area contributed by atoms with E-state index in [2.05, 4.69) is 26.6 Å². The summed E-state index contributed by atoms with van der Waals surface area (Å²) >= 11 is 5.41. The minimum atomic E-state index is -0.661. The molecule has 0 spiro atoms. The van der Waals surface area contributed by atoms with Crippen LogP contribution in [0.25, 0.3) is 0 Å². The van der Waals surface area contributed by atoms with E-state index >= 15 is 0 Å². The molecule has 0 aromatic carbocycles. The number of pyridine rings is 1. The van der Waals surface area contributed by atoms with E-state index in [1.54, 1.807) is 0 Å². The van der Waals surface area contributed by atoms with Gasteiger partial charge in [0.25, 0.3) is 0 Å². The van der Waals surface area contributed by atoms with Crippen molar-refractivity contribution >= 4 is 23.1 Å². The minimum Gasteiger partial charge on any atom is -0.386 e. The number of hydrogen-bond donors (Lipinski definition) is 3. The number of piperidine rings is 3. The molecule has 2 bridgehead atoms. The molecule has 6 heteroatoms. The van der Waals surface area contributed by atoms with Crippen molar-refractivity contribution in [3.05, 3.63) is 23.4 Å². The average Bonchev–Trinajstić information content (AvgIpc) is 2.61. The van der Waals surface area contributed by atoms with E-state index in [0.717, 1.165) is 51.1 Å². The van der Waals surface area contributed by atoms with Crippen LogP contribution in [-0.4, -0.2) is 51.9 Å². The van der Waals surface area contributed by atoms with E-state index in [-0.39, 0.29) is 0 Å². The number of thiocarbonyl (C=S) groups is 1. The molecule has 24 heavy (non-hydrogen) atoms. The van der Waals surface area contributed by atoms with Crippen LogP contribution in [0, 0.1) is 5.92 Å². The Labute approximate surface area is 148 Å². The molecule has 1 aromatic rings. The lowest BCUT2D eigenvalue weighted by Gasteiger charge is -2.50. The second-order valence-electron chi connectivity index (χ2n) is 7.51. The summed E-state index contributed by atoms with van der Waals surface area (Å²) in [7, 11) is 0. The maximum Gasteiger partial charge on any atom is 0.172 e. The molecule has 1 atom stereocenters. The zero-order chi connectivity index (χ0) is 16.6. The van der Waals surface area contributed by atoms with Crippen LogP contribution in [0.4, 0.5) is 5.82 Å². The molecule has 0 amide bonds. The lowest BCUT2D eigenvalue weighted by molar-refractivity contribution is -0.107. The summed E-state index contributed by atoms with van der Waals surface area (Å²) < 4.78 is 0. The van der Waals surface area contributed by atoms with Crippen molar-refractivity contribution in [2.75, 3.05) is 31.5 Å². The highest BCUT2D eigenvalue weighted by Gasteiger charge is 2.45. The highest BCUT2D eigenvalue weighted by molar-refractivity contribution is 7.80. The fourth-order valence-electron chi connectivity index (χ4n) is 4.42. The number of aromatic nitrogens is 1. The Kier molecular flexibility index (Phi) is 4.45. The summed E-state index contributed by atoms with van der Waals surface area (Å²) in [6, 6.07) is 2.12. The maximum absolute atomic E-state index is 10.9. The fourth-order valence-corrected chi connectivity index (χ4v) is 4.60. The third-order valence-electron chi connectivity index (χ3n) is 5.87. The number of aryl methyl sites for hydroxylation is 2. The molecule has 3 saturated heterocycles. The molecule has 1 unspecified atom stereocenters. The molecule has 130 valence electrons. The predicted octanol–water partition coefficient (Wildman–Crippen LogP) is 1.70. The molecule has 0 saturated carbocycles. The third kappa shape index (κ3) is 3.27. The summed E-state index contributed by atoms with van der Waals surface area (Å²) in [5.74, 6) is 1.19. The highest BCUT2D eigenvalue weighted by Crippen LogP contribution is 2.35. The number of hydrogen-bond acceptors (Lipinski definition) is 4. The van der Waals surface area contributed by atoms with Crippen LogP contribution in [0.2, 0.25) is 0 Å². The Balaban J connectivity index is 1.34. The first kappa shape index (κ1) is 16.2. The molecule has 3 aliphatic heterocycles. The SMILES string of the molecule is OC1(CNC(=S)Nc2cc3c(cn2)CCCC3)CN2CCC1CC2. The van der Waals surface area contributed by atoms with Gasteiger partial charge < -0.3 is 20.6 Å². The topological polar surface area (TPSA) is 60.4 Å². The molecule has 4 heterocycles. The van der Waals surface area contributed by atoms with Gasteiger partial charge in [0, 0.05) is 19.3 Å². The van der Waals surface area contributed by atoms with Gasteiger partial charge in [-0.25, -0.2) is 4.98 Å².